The molecule has 5 nitrogen and oxygen atoms in total. The highest BCUT2D eigenvalue weighted by atomic mass is 16.1. The van der Waals surface area contributed by atoms with Crippen molar-refractivity contribution in [3.8, 4) is 6.07 Å². The van der Waals surface area contributed by atoms with Crippen LogP contribution in [0, 0.1) is 11.3 Å². The maximum Gasteiger partial charge on any atom is 0.236 e. The number of rotatable bonds is 3. The second kappa shape index (κ2) is 4.07. The number of carbonyl (C=O) groups excluding carboxylic acids is 1. The van der Waals surface area contributed by atoms with Gasteiger partial charge in [-0.1, -0.05) is 0 Å². The molecule has 0 unspecified atom stereocenters. The molecule has 5 heteroatoms. The van der Waals surface area contributed by atoms with Gasteiger partial charge in [0.15, 0.2) is 0 Å². The Morgan fingerprint density at radius 3 is 3.15 bits per heavy atom. The van der Waals surface area contributed by atoms with E-state index in [1.165, 1.54) is 6.20 Å². The fraction of sp³-hybridized carbons (Fsp3) is 0.125. The van der Waals surface area contributed by atoms with Gasteiger partial charge in [0.05, 0.1) is 6.54 Å². The Morgan fingerprint density at radius 2 is 2.54 bits per heavy atom. The molecule has 0 saturated carbocycles. The van der Waals surface area contributed by atoms with Crippen LogP contribution in [0.25, 0.3) is 0 Å². The molecular weight excluding hydrogens is 168 g/mol. The number of aromatic nitrogens is 1. The Hall–Kier alpha value is -2.09. The van der Waals surface area contributed by atoms with Crippen LogP contribution in [0.3, 0.4) is 0 Å². The quantitative estimate of drug-likeness (QED) is 0.669. The van der Waals surface area contributed by atoms with Crippen LogP contribution in [0.4, 0.5) is 5.69 Å². The molecule has 0 aromatic carbocycles. The van der Waals surface area contributed by atoms with Gasteiger partial charge in [0.2, 0.25) is 5.91 Å². The van der Waals surface area contributed by atoms with Crippen molar-refractivity contribution < 1.29 is 4.79 Å². The van der Waals surface area contributed by atoms with E-state index >= 15 is 0 Å². The topological polar surface area (TPSA) is 91.8 Å². The van der Waals surface area contributed by atoms with Crippen LogP contribution in [0.5, 0.6) is 0 Å². The van der Waals surface area contributed by atoms with Gasteiger partial charge in [0.1, 0.15) is 11.8 Å². The molecule has 0 aliphatic rings. The number of carbonyl (C=O) groups is 1. The highest BCUT2D eigenvalue weighted by Crippen LogP contribution is 2.05. The van der Waals surface area contributed by atoms with Crippen molar-refractivity contribution in [2.45, 2.75) is 0 Å². The lowest BCUT2D eigenvalue weighted by Gasteiger charge is -2.02. The summed E-state index contributed by atoms with van der Waals surface area (Å²) in [5.74, 6) is -0.449. The zero-order chi connectivity index (χ0) is 9.68. The van der Waals surface area contributed by atoms with E-state index in [4.69, 9.17) is 11.0 Å². The van der Waals surface area contributed by atoms with Gasteiger partial charge < -0.3 is 11.1 Å². The Balaban J connectivity index is 2.68. The summed E-state index contributed by atoms with van der Waals surface area (Å²) in [4.78, 5) is 14.2. The monoisotopic (exact) mass is 176 g/mol. The molecule has 1 rings (SSSR count). The fourth-order valence-electron chi connectivity index (χ4n) is 0.791. The number of nitrogens with zero attached hydrogens (tertiary/aromatic N) is 2. The van der Waals surface area contributed by atoms with Crippen LogP contribution in [-0.4, -0.2) is 17.4 Å². The van der Waals surface area contributed by atoms with Crippen LogP contribution < -0.4 is 11.1 Å². The van der Waals surface area contributed by atoms with Gasteiger partial charge in [0, 0.05) is 11.9 Å². The maximum absolute atomic E-state index is 10.4. The lowest BCUT2D eigenvalue weighted by Crippen LogP contribution is -2.21. The van der Waals surface area contributed by atoms with Crippen molar-refractivity contribution in [3.05, 3.63) is 24.0 Å². The molecule has 1 heterocycles. The molecule has 0 atom stereocenters. The summed E-state index contributed by atoms with van der Waals surface area (Å²) in [6.07, 6.45) is 1.49. The smallest absolute Gasteiger partial charge is 0.236 e. The van der Waals surface area contributed by atoms with Gasteiger partial charge >= 0.3 is 0 Å². The average molecular weight is 176 g/mol. The Bertz CT molecular complexity index is 355. The molecule has 66 valence electrons. The van der Waals surface area contributed by atoms with Crippen LogP contribution in [0.15, 0.2) is 18.3 Å². The van der Waals surface area contributed by atoms with Gasteiger partial charge in [-0.2, -0.15) is 5.26 Å². The standard InChI is InChI=1S/C8H8N4O/c9-4-7-3-6(1-2-11-7)12-5-8(10)13/h1-3H,5H2,(H2,10,13)(H,11,12). The summed E-state index contributed by atoms with van der Waals surface area (Å²) in [7, 11) is 0. The molecule has 13 heavy (non-hydrogen) atoms. The van der Waals surface area contributed by atoms with E-state index in [1.54, 1.807) is 12.1 Å². The predicted molar refractivity (Wildman–Crippen MR) is 46.6 cm³/mol. The van der Waals surface area contributed by atoms with Crippen LogP contribution >= 0.6 is 0 Å². The van der Waals surface area contributed by atoms with Crippen LogP contribution in [-0.2, 0) is 4.79 Å². The maximum atomic E-state index is 10.4. The number of anilines is 1. The Morgan fingerprint density at radius 1 is 1.77 bits per heavy atom. The summed E-state index contributed by atoms with van der Waals surface area (Å²) >= 11 is 0. The second-order valence-corrected chi connectivity index (χ2v) is 2.36. The minimum absolute atomic E-state index is 0.0505. The summed E-state index contributed by atoms with van der Waals surface area (Å²) in [6.45, 7) is 0.0505. The molecule has 0 aliphatic carbocycles. The Kier molecular flexibility index (Phi) is 2.82. The molecule has 3 N–H and O–H groups in total. The van der Waals surface area contributed by atoms with Gasteiger partial charge in [-0.05, 0) is 12.1 Å². The Labute approximate surface area is 75.2 Å². The third kappa shape index (κ3) is 2.79. The summed E-state index contributed by atoms with van der Waals surface area (Å²) in [6, 6.07) is 5.09. The molecule has 0 radical (unpaired) electrons. The lowest BCUT2D eigenvalue weighted by atomic mass is 10.3. The molecule has 0 aliphatic heterocycles. The minimum Gasteiger partial charge on any atom is -0.376 e. The first-order valence-electron chi connectivity index (χ1n) is 3.60. The van der Waals surface area contributed by atoms with Crippen molar-refractivity contribution in [2.75, 3.05) is 11.9 Å². The van der Waals surface area contributed by atoms with Crippen molar-refractivity contribution in [1.29, 1.82) is 5.26 Å². The molecule has 1 aromatic rings. The number of nitrogens with one attached hydrogen (secondary N) is 1. The number of amides is 1. The van der Waals surface area contributed by atoms with Gasteiger partial charge in [-0.25, -0.2) is 4.98 Å². The SMILES string of the molecule is N#Cc1cc(NCC(N)=O)ccn1. The number of hydrogen-bond donors (Lipinski definition) is 2. The van der Waals surface area contributed by atoms with E-state index in [1.807, 2.05) is 6.07 Å². The van der Waals surface area contributed by atoms with E-state index in [0.717, 1.165) is 0 Å². The first-order valence-corrected chi connectivity index (χ1v) is 3.60. The predicted octanol–water partition coefficient (Wildman–Crippen LogP) is -0.150. The van der Waals surface area contributed by atoms with E-state index in [0.29, 0.717) is 11.4 Å². The van der Waals surface area contributed by atoms with E-state index < -0.39 is 5.91 Å². The van der Waals surface area contributed by atoms with Crippen molar-refractivity contribution in [3.63, 3.8) is 0 Å². The normalized spacial score (nSPS) is 8.85. The van der Waals surface area contributed by atoms with E-state index in [-0.39, 0.29) is 6.54 Å². The van der Waals surface area contributed by atoms with E-state index in [9.17, 15) is 4.79 Å². The highest BCUT2D eigenvalue weighted by Gasteiger charge is 1.96. The lowest BCUT2D eigenvalue weighted by molar-refractivity contribution is -0.116. The third-order valence-corrected chi connectivity index (χ3v) is 1.34. The number of hydrogen-bond acceptors (Lipinski definition) is 4. The third-order valence-electron chi connectivity index (χ3n) is 1.34. The molecule has 0 bridgehead atoms. The molecule has 0 fully saturated rings. The fourth-order valence-corrected chi connectivity index (χ4v) is 0.791. The van der Waals surface area contributed by atoms with Crippen LogP contribution in [0.2, 0.25) is 0 Å². The van der Waals surface area contributed by atoms with Gasteiger partial charge in [-0.15, -0.1) is 0 Å². The number of nitrogens with two attached hydrogens (primary N) is 1. The highest BCUT2D eigenvalue weighted by molar-refractivity contribution is 5.78. The zero-order valence-electron chi connectivity index (χ0n) is 6.82. The number of pyridine rings is 1. The molecule has 1 amide bonds. The largest absolute Gasteiger partial charge is 0.376 e. The first kappa shape index (κ1) is 9.00. The molecular formula is C8H8N4O. The summed E-state index contributed by atoms with van der Waals surface area (Å²) < 4.78 is 0. The number of primary amides is 1. The second-order valence-electron chi connectivity index (χ2n) is 2.36. The molecule has 0 saturated heterocycles. The van der Waals surface area contributed by atoms with Gasteiger partial charge in [-0.3, -0.25) is 4.79 Å². The van der Waals surface area contributed by atoms with Crippen molar-refractivity contribution >= 4 is 11.6 Å². The number of nitriles is 1. The molecule has 1 aromatic heterocycles. The molecule has 0 spiro atoms. The van der Waals surface area contributed by atoms with Crippen molar-refractivity contribution in [2.24, 2.45) is 5.73 Å². The minimum atomic E-state index is -0.449. The van der Waals surface area contributed by atoms with Crippen LogP contribution in [0.1, 0.15) is 5.69 Å². The summed E-state index contributed by atoms with van der Waals surface area (Å²) in [5, 5.41) is 11.3. The van der Waals surface area contributed by atoms with Crippen molar-refractivity contribution in [1.82, 2.24) is 4.98 Å². The zero-order valence-corrected chi connectivity index (χ0v) is 6.82. The summed E-state index contributed by atoms with van der Waals surface area (Å²) in [5.41, 5.74) is 5.89. The average Bonchev–Trinajstić information content (AvgIpc) is 2.15. The van der Waals surface area contributed by atoms with E-state index in [2.05, 4.69) is 10.3 Å². The first-order chi connectivity index (χ1) is 6.22. The van der Waals surface area contributed by atoms with Gasteiger partial charge in [0.25, 0.3) is 0 Å².